The third-order valence-corrected chi connectivity index (χ3v) is 2.44. The van der Waals surface area contributed by atoms with E-state index < -0.39 is 24.4 Å². The first-order valence-electron chi connectivity index (χ1n) is 5.12. The van der Waals surface area contributed by atoms with Crippen molar-refractivity contribution >= 4 is 5.91 Å². The molecule has 1 aliphatic heterocycles. The zero-order chi connectivity index (χ0) is 12.2. The first-order valence-corrected chi connectivity index (χ1v) is 5.12. The smallest absolute Gasteiger partial charge is 0.267 e. The molecule has 0 aromatic carbocycles. The zero-order valence-corrected chi connectivity index (χ0v) is 9.08. The van der Waals surface area contributed by atoms with Gasteiger partial charge in [0.05, 0.1) is 25.3 Å². The van der Waals surface area contributed by atoms with E-state index in [4.69, 9.17) is 10.00 Å². The first-order chi connectivity index (χ1) is 7.50. The number of alkyl halides is 2. The Morgan fingerprint density at radius 3 is 2.94 bits per heavy atom. The average molecular weight is 232 g/mol. The van der Waals surface area contributed by atoms with E-state index in [9.17, 15) is 13.6 Å². The van der Waals surface area contributed by atoms with Gasteiger partial charge in [0.2, 0.25) is 5.91 Å². The number of nitriles is 1. The molecule has 0 radical (unpaired) electrons. The van der Waals surface area contributed by atoms with Gasteiger partial charge in [0.1, 0.15) is 6.42 Å². The Kier molecular flexibility index (Phi) is 4.19. The SMILES string of the molecule is CCOC[C@H]1CC(F)(F)CN1C(=O)CC#N. The Morgan fingerprint density at radius 1 is 1.69 bits per heavy atom. The molecule has 0 unspecified atom stereocenters. The Bertz CT molecular complexity index is 302. The maximum Gasteiger partial charge on any atom is 0.267 e. The van der Waals surface area contributed by atoms with Gasteiger partial charge in [-0.3, -0.25) is 4.79 Å². The molecule has 1 rings (SSSR count). The lowest BCUT2D eigenvalue weighted by atomic mass is 10.2. The van der Waals surface area contributed by atoms with Crippen molar-refractivity contribution in [2.24, 2.45) is 0 Å². The number of hydrogen-bond acceptors (Lipinski definition) is 3. The fourth-order valence-corrected chi connectivity index (χ4v) is 1.76. The van der Waals surface area contributed by atoms with Crippen molar-refractivity contribution in [2.45, 2.75) is 31.7 Å². The highest BCUT2D eigenvalue weighted by atomic mass is 19.3. The summed E-state index contributed by atoms with van der Waals surface area (Å²) in [6.07, 6.45) is -0.747. The van der Waals surface area contributed by atoms with Gasteiger partial charge < -0.3 is 9.64 Å². The third-order valence-electron chi connectivity index (χ3n) is 2.44. The van der Waals surface area contributed by atoms with Gasteiger partial charge in [0, 0.05) is 13.0 Å². The van der Waals surface area contributed by atoms with Crippen LogP contribution in [0.15, 0.2) is 0 Å². The number of ether oxygens (including phenoxy) is 1. The normalized spacial score (nSPS) is 23.1. The van der Waals surface area contributed by atoms with Crippen LogP contribution in [0.3, 0.4) is 0 Å². The quantitative estimate of drug-likeness (QED) is 0.731. The van der Waals surface area contributed by atoms with Gasteiger partial charge in [-0.2, -0.15) is 5.26 Å². The Labute approximate surface area is 92.8 Å². The number of hydrogen-bond donors (Lipinski definition) is 0. The van der Waals surface area contributed by atoms with Crippen LogP contribution >= 0.6 is 0 Å². The summed E-state index contributed by atoms with van der Waals surface area (Å²) in [6, 6.07) is 1.06. The second kappa shape index (κ2) is 5.21. The van der Waals surface area contributed by atoms with Crippen molar-refractivity contribution in [3.8, 4) is 6.07 Å². The number of carbonyl (C=O) groups is 1. The molecule has 1 amide bonds. The first kappa shape index (κ1) is 12.8. The topological polar surface area (TPSA) is 53.3 Å². The minimum atomic E-state index is -2.87. The van der Waals surface area contributed by atoms with E-state index >= 15 is 0 Å². The number of halogens is 2. The second-order valence-corrected chi connectivity index (χ2v) is 3.73. The maximum absolute atomic E-state index is 13.1. The van der Waals surface area contributed by atoms with Gasteiger partial charge >= 0.3 is 0 Å². The van der Waals surface area contributed by atoms with E-state index in [0.717, 1.165) is 4.90 Å². The van der Waals surface area contributed by atoms with E-state index in [2.05, 4.69) is 0 Å². The molecule has 0 spiro atoms. The molecular weight excluding hydrogens is 218 g/mol. The van der Waals surface area contributed by atoms with Gasteiger partial charge in [-0.15, -0.1) is 0 Å². The third kappa shape index (κ3) is 3.14. The Balaban J connectivity index is 2.64. The lowest BCUT2D eigenvalue weighted by molar-refractivity contribution is -0.133. The van der Waals surface area contributed by atoms with Crippen LogP contribution in [0.1, 0.15) is 19.8 Å². The molecule has 6 heteroatoms. The molecule has 0 aromatic heterocycles. The monoisotopic (exact) mass is 232 g/mol. The molecule has 1 heterocycles. The van der Waals surface area contributed by atoms with Crippen LogP contribution in [0.5, 0.6) is 0 Å². The van der Waals surface area contributed by atoms with E-state index in [1.54, 1.807) is 13.0 Å². The standard InChI is InChI=1S/C10H14F2N2O2/c1-2-16-6-8-5-10(11,12)7-14(8)9(15)3-4-13/h8H,2-3,5-7H2,1H3/t8-/m1/s1. The molecule has 90 valence electrons. The van der Waals surface area contributed by atoms with Crippen LogP contribution in [0.25, 0.3) is 0 Å². The van der Waals surface area contributed by atoms with Crippen molar-refractivity contribution in [3.05, 3.63) is 0 Å². The van der Waals surface area contributed by atoms with E-state index in [1.807, 2.05) is 0 Å². The fraction of sp³-hybridized carbons (Fsp3) is 0.800. The second-order valence-electron chi connectivity index (χ2n) is 3.73. The van der Waals surface area contributed by atoms with Crippen molar-refractivity contribution in [2.75, 3.05) is 19.8 Å². The van der Waals surface area contributed by atoms with Crippen LogP contribution < -0.4 is 0 Å². The highest BCUT2D eigenvalue weighted by molar-refractivity contribution is 5.79. The van der Waals surface area contributed by atoms with Gasteiger partial charge in [-0.25, -0.2) is 8.78 Å². The van der Waals surface area contributed by atoms with Gasteiger partial charge in [0.25, 0.3) is 5.92 Å². The highest BCUT2D eigenvalue weighted by Crippen LogP contribution is 2.32. The van der Waals surface area contributed by atoms with Crippen LogP contribution in [0.4, 0.5) is 8.78 Å². The van der Waals surface area contributed by atoms with Gasteiger partial charge in [0.15, 0.2) is 0 Å². The number of carbonyl (C=O) groups excluding carboxylic acids is 1. The molecule has 1 saturated heterocycles. The van der Waals surface area contributed by atoms with Crippen molar-refractivity contribution in [3.63, 3.8) is 0 Å². The molecule has 0 saturated carbocycles. The summed E-state index contributed by atoms with van der Waals surface area (Å²) in [5.74, 6) is -3.42. The molecule has 0 bridgehead atoms. The number of rotatable bonds is 4. The molecule has 0 aromatic rings. The Hall–Kier alpha value is -1.22. The van der Waals surface area contributed by atoms with Gasteiger partial charge in [-0.05, 0) is 6.92 Å². The minimum Gasteiger partial charge on any atom is -0.380 e. The number of amides is 1. The van der Waals surface area contributed by atoms with Crippen LogP contribution in [-0.2, 0) is 9.53 Å². The molecule has 1 aliphatic rings. The Morgan fingerprint density at radius 2 is 2.38 bits per heavy atom. The summed E-state index contributed by atoms with van der Waals surface area (Å²) < 4.78 is 31.3. The molecule has 0 aliphatic carbocycles. The van der Waals surface area contributed by atoms with E-state index in [1.165, 1.54) is 0 Å². The van der Waals surface area contributed by atoms with Crippen molar-refractivity contribution < 1.29 is 18.3 Å². The van der Waals surface area contributed by atoms with Crippen LogP contribution in [-0.4, -0.2) is 42.5 Å². The summed E-state index contributed by atoms with van der Waals surface area (Å²) in [6.45, 7) is 1.67. The fourth-order valence-electron chi connectivity index (χ4n) is 1.76. The lowest BCUT2D eigenvalue weighted by Gasteiger charge is -2.22. The van der Waals surface area contributed by atoms with Crippen molar-refractivity contribution in [1.29, 1.82) is 5.26 Å². The summed E-state index contributed by atoms with van der Waals surface area (Å²) >= 11 is 0. The molecule has 16 heavy (non-hydrogen) atoms. The lowest BCUT2D eigenvalue weighted by Crippen LogP contribution is -2.38. The maximum atomic E-state index is 13.1. The molecule has 1 fully saturated rings. The van der Waals surface area contributed by atoms with Crippen molar-refractivity contribution in [1.82, 2.24) is 4.90 Å². The summed E-state index contributed by atoms with van der Waals surface area (Å²) in [5.41, 5.74) is 0. The van der Waals surface area contributed by atoms with E-state index in [0.29, 0.717) is 6.61 Å². The summed E-state index contributed by atoms with van der Waals surface area (Å²) in [5, 5.41) is 8.37. The zero-order valence-electron chi connectivity index (χ0n) is 9.08. The van der Waals surface area contributed by atoms with Crippen LogP contribution in [0, 0.1) is 11.3 Å². The average Bonchev–Trinajstić information content (AvgIpc) is 2.51. The van der Waals surface area contributed by atoms with Crippen LogP contribution in [0.2, 0.25) is 0 Å². The van der Waals surface area contributed by atoms with E-state index in [-0.39, 0.29) is 19.4 Å². The summed E-state index contributed by atoms with van der Waals surface area (Å²) in [4.78, 5) is 12.5. The largest absolute Gasteiger partial charge is 0.380 e. The molecule has 4 nitrogen and oxygen atoms in total. The number of likely N-dealkylation sites (tertiary alicyclic amines) is 1. The highest BCUT2D eigenvalue weighted by Gasteiger charge is 2.46. The predicted molar refractivity (Wildman–Crippen MR) is 51.8 cm³/mol. The minimum absolute atomic E-state index is 0.100. The molecular formula is C10H14F2N2O2. The van der Waals surface area contributed by atoms with Gasteiger partial charge in [-0.1, -0.05) is 0 Å². The molecule has 0 N–H and O–H groups in total. The number of nitrogens with zero attached hydrogens (tertiary/aromatic N) is 2. The summed E-state index contributed by atoms with van der Waals surface area (Å²) in [7, 11) is 0. The molecule has 1 atom stereocenters. The predicted octanol–water partition coefficient (Wildman–Crippen LogP) is 1.17.